The Balaban J connectivity index is 1.97. The maximum absolute atomic E-state index is 14.8. The molecule has 0 aliphatic heterocycles. The van der Waals surface area contributed by atoms with Crippen LogP contribution in [0.1, 0.15) is 31.9 Å². The largest absolute Gasteiger partial charge is 0.489 e. The Morgan fingerprint density at radius 2 is 1.69 bits per heavy atom. The van der Waals surface area contributed by atoms with Crippen LogP contribution in [0.5, 0.6) is 5.75 Å². The molecular weight excluding hydrogens is 363 g/mol. The predicted octanol–water partition coefficient (Wildman–Crippen LogP) is 4.39. The number of hydrogen-bond acceptors (Lipinski definition) is 2. The molecule has 2 aromatic carbocycles. The Kier molecular flexibility index (Phi) is 6.83. The third-order valence-corrected chi connectivity index (χ3v) is 5.04. The number of halogens is 3. The first-order chi connectivity index (χ1) is 12.2. The average Bonchev–Trinajstić information content (AvgIpc) is 2.57. The van der Waals surface area contributed by atoms with Gasteiger partial charge < -0.3 is 4.74 Å². The van der Waals surface area contributed by atoms with E-state index in [0.717, 1.165) is 6.07 Å². The molecule has 0 saturated carbocycles. The topological polar surface area (TPSA) is 38.3 Å². The first-order valence-electron chi connectivity index (χ1n) is 8.19. The van der Waals surface area contributed by atoms with Crippen molar-refractivity contribution >= 4 is 11.0 Å². The molecule has 0 bridgehead atoms. The molecule has 0 aliphatic carbocycles. The molecule has 2 atom stereocenters. The molecule has 2 unspecified atom stereocenters. The van der Waals surface area contributed by atoms with Gasteiger partial charge in [-0.05, 0) is 56.2 Å². The van der Waals surface area contributed by atoms with Gasteiger partial charge in [0.25, 0.3) is 0 Å². The molecule has 0 aliphatic rings. The standard InChI is InChI=1S/C19H22F3NO2S/c1-13(2)26(24)23-12-19(3,22)15-4-6-18(7-5-15)25-11-14-8-16(20)10-17(21)9-14/h4-10,13,23H,11-12H2,1-3H3. The van der Waals surface area contributed by atoms with Gasteiger partial charge >= 0.3 is 0 Å². The molecule has 0 heterocycles. The van der Waals surface area contributed by atoms with Gasteiger partial charge in [-0.1, -0.05) is 12.1 Å². The Hall–Kier alpha value is -1.86. The lowest BCUT2D eigenvalue weighted by Crippen LogP contribution is -2.35. The molecule has 3 nitrogen and oxygen atoms in total. The molecule has 0 amide bonds. The Morgan fingerprint density at radius 3 is 2.23 bits per heavy atom. The van der Waals surface area contributed by atoms with E-state index in [1.165, 1.54) is 19.1 Å². The molecule has 142 valence electrons. The second kappa shape index (κ2) is 8.68. The van der Waals surface area contributed by atoms with E-state index in [4.69, 9.17) is 4.74 Å². The van der Waals surface area contributed by atoms with Crippen LogP contribution in [0.4, 0.5) is 13.2 Å². The van der Waals surface area contributed by atoms with Crippen LogP contribution in [0.15, 0.2) is 42.5 Å². The quantitative estimate of drug-likeness (QED) is 0.732. The summed E-state index contributed by atoms with van der Waals surface area (Å²) in [6.07, 6.45) is 0. The summed E-state index contributed by atoms with van der Waals surface area (Å²) >= 11 is 0. The zero-order chi connectivity index (χ0) is 19.3. The average molecular weight is 385 g/mol. The number of ether oxygens (including phenoxy) is 1. The van der Waals surface area contributed by atoms with E-state index in [0.29, 0.717) is 16.9 Å². The second-order valence-electron chi connectivity index (χ2n) is 6.46. The van der Waals surface area contributed by atoms with Gasteiger partial charge in [0, 0.05) is 17.9 Å². The van der Waals surface area contributed by atoms with Gasteiger partial charge in [0.1, 0.15) is 29.7 Å². The van der Waals surface area contributed by atoms with Crippen LogP contribution in [0, 0.1) is 11.6 Å². The van der Waals surface area contributed by atoms with E-state index in [1.807, 2.05) is 0 Å². The molecule has 26 heavy (non-hydrogen) atoms. The minimum absolute atomic E-state index is 0.00412. The smallest absolute Gasteiger partial charge is 0.146 e. The van der Waals surface area contributed by atoms with Crippen LogP contribution in [0.25, 0.3) is 0 Å². The molecule has 0 spiro atoms. The van der Waals surface area contributed by atoms with Gasteiger partial charge in [0.2, 0.25) is 0 Å². The first kappa shape index (κ1) is 20.5. The fourth-order valence-electron chi connectivity index (χ4n) is 2.24. The van der Waals surface area contributed by atoms with Crippen molar-refractivity contribution in [1.29, 1.82) is 0 Å². The Bertz CT molecular complexity index is 744. The van der Waals surface area contributed by atoms with E-state index >= 15 is 0 Å². The highest BCUT2D eigenvalue weighted by molar-refractivity contribution is 7.83. The van der Waals surface area contributed by atoms with Gasteiger partial charge in [0.15, 0.2) is 0 Å². The van der Waals surface area contributed by atoms with Gasteiger partial charge in [-0.3, -0.25) is 0 Å². The Labute approximate surface area is 154 Å². The number of benzene rings is 2. The van der Waals surface area contributed by atoms with Gasteiger partial charge in [-0.25, -0.2) is 22.1 Å². The van der Waals surface area contributed by atoms with Gasteiger partial charge in [-0.2, -0.15) is 0 Å². The van der Waals surface area contributed by atoms with Crippen molar-refractivity contribution in [3.63, 3.8) is 0 Å². The number of alkyl halides is 1. The summed E-state index contributed by atoms with van der Waals surface area (Å²) in [6, 6.07) is 9.49. The summed E-state index contributed by atoms with van der Waals surface area (Å²) in [5, 5.41) is -0.103. The minimum Gasteiger partial charge on any atom is -0.489 e. The van der Waals surface area contributed by atoms with E-state index in [1.54, 1.807) is 38.1 Å². The van der Waals surface area contributed by atoms with Crippen molar-refractivity contribution in [2.75, 3.05) is 6.54 Å². The van der Waals surface area contributed by atoms with Crippen molar-refractivity contribution in [2.45, 2.75) is 38.3 Å². The van der Waals surface area contributed by atoms with Gasteiger partial charge in [0.05, 0.1) is 11.0 Å². The molecule has 0 saturated heterocycles. The van der Waals surface area contributed by atoms with Crippen LogP contribution in [0.2, 0.25) is 0 Å². The molecule has 0 radical (unpaired) electrons. The van der Waals surface area contributed by atoms with E-state index < -0.39 is 28.3 Å². The monoisotopic (exact) mass is 385 g/mol. The first-order valence-corrected chi connectivity index (χ1v) is 9.40. The maximum Gasteiger partial charge on any atom is 0.146 e. The molecule has 0 fully saturated rings. The highest BCUT2D eigenvalue weighted by Gasteiger charge is 2.26. The van der Waals surface area contributed by atoms with Crippen LogP contribution < -0.4 is 9.46 Å². The molecule has 0 aromatic heterocycles. The number of nitrogens with one attached hydrogen (secondary N) is 1. The third kappa shape index (κ3) is 5.85. The Morgan fingerprint density at radius 1 is 1.12 bits per heavy atom. The van der Waals surface area contributed by atoms with Crippen molar-refractivity contribution in [3.05, 3.63) is 65.2 Å². The highest BCUT2D eigenvalue weighted by Crippen LogP contribution is 2.27. The van der Waals surface area contributed by atoms with Crippen molar-refractivity contribution in [2.24, 2.45) is 0 Å². The SMILES string of the molecule is CC(C)S(=O)NCC(C)(F)c1ccc(OCc2cc(F)cc(F)c2)cc1. The summed E-state index contributed by atoms with van der Waals surface area (Å²) in [7, 11) is -1.30. The molecule has 2 aromatic rings. The molecule has 7 heteroatoms. The second-order valence-corrected chi connectivity index (χ2v) is 8.28. The third-order valence-electron chi connectivity index (χ3n) is 3.76. The van der Waals surface area contributed by atoms with E-state index in [-0.39, 0.29) is 18.4 Å². The lowest BCUT2D eigenvalue weighted by atomic mass is 9.98. The summed E-state index contributed by atoms with van der Waals surface area (Å²) in [6.45, 7) is 4.89. The van der Waals surface area contributed by atoms with Crippen molar-refractivity contribution in [3.8, 4) is 5.75 Å². The fraction of sp³-hybridized carbons (Fsp3) is 0.368. The van der Waals surface area contributed by atoms with Crippen molar-refractivity contribution in [1.82, 2.24) is 4.72 Å². The molecule has 1 N–H and O–H groups in total. The summed E-state index contributed by atoms with van der Waals surface area (Å²) in [5.74, 6) is -0.884. The fourth-order valence-corrected chi connectivity index (χ4v) is 2.98. The zero-order valence-corrected chi connectivity index (χ0v) is 15.7. The molecule has 2 rings (SSSR count). The minimum atomic E-state index is -1.70. The summed E-state index contributed by atoms with van der Waals surface area (Å²) in [5.41, 5.74) is -0.924. The lowest BCUT2D eigenvalue weighted by Gasteiger charge is -2.22. The maximum atomic E-state index is 14.8. The lowest BCUT2D eigenvalue weighted by molar-refractivity contribution is 0.197. The van der Waals surface area contributed by atoms with E-state index in [2.05, 4.69) is 4.72 Å². The predicted molar refractivity (Wildman–Crippen MR) is 96.9 cm³/mol. The number of rotatable bonds is 8. The highest BCUT2D eigenvalue weighted by atomic mass is 32.2. The van der Waals surface area contributed by atoms with Crippen LogP contribution in [0.3, 0.4) is 0 Å². The van der Waals surface area contributed by atoms with Crippen LogP contribution in [-0.4, -0.2) is 16.0 Å². The van der Waals surface area contributed by atoms with E-state index in [9.17, 15) is 17.4 Å². The van der Waals surface area contributed by atoms with Crippen LogP contribution >= 0.6 is 0 Å². The van der Waals surface area contributed by atoms with Gasteiger partial charge in [-0.15, -0.1) is 0 Å². The normalized spacial score (nSPS) is 14.9. The molecular formula is C19H22F3NO2S. The summed E-state index contributed by atoms with van der Waals surface area (Å²) in [4.78, 5) is 0. The van der Waals surface area contributed by atoms with Crippen LogP contribution in [-0.2, 0) is 23.3 Å². The zero-order valence-electron chi connectivity index (χ0n) is 14.9. The van der Waals surface area contributed by atoms with Crippen molar-refractivity contribution < 1.29 is 22.1 Å². The summed E-state index contributed by atoms with van der Waals surface area (Å²) < 4.78 is 61.0. The number of hydrogen-bond donors (Lipinski definition) is 1.